The van der Waals surface area contributed by atoms with E-state index in [1.54, 1.807) is 6.92 Å². The first-order chi connectivity index (χ1) is 5.07. The van der Waals surface area contributed by atoms with Crippen LogP contribution in [0.4, 0.5) is 0 Å². The van der Waals surface area contributed by atoms with Crippen molar-refractivity contribution in [2.75, 3.05) is 0 Å². The first-order valence-corrected chi connectivity index (χ1v) is 3.56. The van der Waals surface area contributed by atoms with E-state index in [2.05, 4.69) is 17.2 Å². The van der Waals surface area contributed by atoms with Crippen LogP contribution in [0.2, 0.25) is 0 Å². The van der Waals surface area contributed by atoms with Crippen LogP contribution < -0.4 is 11.1 Å². The minimum atomic E-state index is -0.266. The van der Waals surface area contributed by atoms with Crippen LogP contribution in [0.3, 0.4) is 0 Å². The van der Waals surface area contributed by atoms with Gasteiger partial charge in [-0.25, -0.2) is 0 Å². The van der Waals surface area contributed by atoms with Crippen molar-refractivity contribution in [3.05, 3.63) is 0 Å². The van der Waals surface area contributed by atoms with Crippen LogP contribution in [0.15, 0.2) is 0 Å². The fourth-order valence-corrected chi connectivity index (χ4v) is 0.488. The van der Waals surface area contributed by atoms with Gasteiger partial charge in [-0.05, 0) is 26.7 Å². The highest BCUT2D eigenvalue weighted by molar-refractivity contribution is 5.93. The van der Waals surface area contributed by atoms with Gasteiger partial charge in [-0.1, -0.05) is 5.92 Å². The quantitative estimate of drug-likeness (QED) is 0.544. The third-order valence-electron chi connectivity index (χ3n) is 1.39. The predicted molar refractivity (Wildman–Crippen MR) is 44.7 cm³/mol. The van der Waals surface area contributed by atoms with Crippen molar-refractivity contribution < 1.29 is 4.79 Å². The summed E-state index contributed by atoms with van der Waals surface area (Å²) in [6, 6.07) is -0.0686. The average Bonchev–Trinajstić information content (AvgIpc) is 1.87. The zero-order chi connectivity index (χ0) is 8.85. The zero-order valence-electron chi connectivity index (χ0n) is 7.14. The van der Waals surface area contributed by atoms with E-state index >= 15 is 0 Å². The Morgan fingerprint density at radius 1 is 1.55 bits per heavy atom. The van der Waals surface area contributed by atoms with Crippen LogP contribution in [0.5, 0.6) is 0 Å². The number of nitrogens with two attached hydrogens (primary N) is 1. The van der Waals surface area contributed by atoms with Gasteiger partial charge in [0.1, 0.15) is 0 Å². The highest BCUT2D eigenvalue weighted by Crippen LogP contribution is 1.85. The Morgan fingerprint density at radius 2 is 2.09 bits per heavy atom. The lowest BCUT2D eigenvalue weighted by Gasteiger charge is -2.14. The Kier molecular flexibility index (Phi) is 4.32. The van der Waals surface area contributed by atoms with E-state index in [0.717, 1.165) is 0 Å². The Hall–Kier alpha value is -1.01. The van der Waals surface area contributed by atoms with E-state index in [0.29, 0.717) is 0 Å². The van der Waals surface area contributed by atoms with E-state index in [1.165, 1.54) is 0 Å². The molecule has 0 saturated carbocycles. The molecule has 11 heavy (non-hydrogen) atoms. The molecule has 2 unspecified atom stereocenters. The maximum Gasteiger partial charge on any atom is 0.296 e. The van der Waals surface area contributed by atoms with Crippen LogP contribution in [0.1, 0.15) is 20.8 Å². The maximum atomic E-state index is 10.8. The molecule has 0 aliphatic rings. The van der Waals surface area contributed by atoms with Crippen molar-refractivity contribution in [3.63, 3.8) is 0 Å². The Balaban J connectivity index is 3.82. The minimum Gasteiger partial charge on any atom is -0.341 e. The standard InChI is InChI=1S/C8H14N2O/c1-4-5-8(11)10-7(3)6(2)9/h6-7H,9H2,1-3H3,(H,10,11). The maximum absolute atomic E-state index is 10.8. The normalized spacial score (nSPS) is 14.2. The summed E-state index contributed by atoms with van der Waals surface area (Å²) in [6.45, 7) is 5.31. The molecule has 0 bridgehead atoms. The first-order valence-electron chi connectivity index (χ1n) is 3.56. The molecule has 0 aromatic carbocycles. The second kappa shape index (κ2) is 4.75. The number of hydrogen-bond donors (Lipinski definition) is 2. The Morgan fingerprint density at radius 3 is 2.45 bits per heavy atom. The summed E-state index contributed by atoms with van der Waals surface area (Å²) in [5, 5.41) is 2.64. The molecule has 2 atom stereocenters. The fraction of sp³-hybridized carbons (Fsp3) is 0.625. The van der Waals surface area contributed by atoms with Gasteiger partial charge in [-0.2, -0.15) is 0 Å². The molecule has 0 aliphatic carbocycles. The van der Waals surface area contributed by atoms with Gasteiger partial charge in [-0.3, -0.25) is 4.79 Å². The minimum absolute atomic E-state index is 0.0247. The molecule has 0 aliphatic heterocycles. The van der Waals surface area contributed by atoms with Gasteiger partial charge in [0.25, 0.3) is 5.91 Å². The summed E-state index contributed by atoms with van der Waals surface area (Å²) in [7, 11) is 0. The molecule has 0 aromatic heterocycles. The molecule has 0 aromatic rings. The SMILES string of the molecule is CC#CC(=O)NC(C)C(C)N. The van der Waals surface area contributed by atoms with Crippen LogP contribution in [-0.4, -0.2) is 18.0 Å². The first kappa shape index (κ1) is 9.99. The fourth-order valence-electron chi connectivity index (χ4n) is 0.488. The molecule has 0 saturated heterocycles. The lowest BCUT2D eigenvalue weighted by molar-refractivity contribution is -0.116. The summed E-state index contributed by atoms with van der Waals surface area (Å²) in [5.41, 5.74) is 5.52. The van der Waals surface area contributed by atoms with Crippen LogP contribution >= 0.6 is 0 Å². The lowest BCUT2D eigenvalue weighted by atomic mass is 10.2. The van der Waals surface area contributed by atoms with Gasteiger partial charge in [0.15, 0.2) is 0 Å². The number of carbonyl (C=O) groups excluding carboxylic acids is 1. The highest BCUT2D eigenvalue weighted by atomic mass is 16.1. The second-order valence-corrected chi connectivity index (χ2v) is 2.50. The van der Waals surface area contributed by atoms with E-state index in [4.69, 9.17) is 5.73 Å². The van der Waals surface area contributed by atoms with Gasteiger partial charge in [-0.15, -0.1) is 0 Å². The molecule has 3 N–H and O–H groups in total. The average molecular weight is 154 g/mol. The molecular weight excluding hydrogens is 140 g/mol. The van der Waals surface area contributed by atoms with Crippen molar-refractivity contribution in [1.82, 2.24) is 5.32 Å². The number of nitrogens with one attached hydrogen (secondary N) is 1. The molecule has 0 rings (SSSR count). The van der Waals surface area contributed by atoms with Gasteiger partial charge >= 0.3 is 0 Å². The summed E-state index contributed by atoms with van der Waals surface area (Å²) >= 11 is 0. The molecule has 0 spiro atoms. The van der Waals surface area contributed by atoms with Crippen molar-refractivity contribution >= 4 is 5.91 Å². The highest BCUT2D eigenvalue weighted by Gasteiger charge is 2.08. The molecule has 0 heterocycles. The lowest BCUT2D eigenvalue weighted by Crippen LogP contribution is -2.43. The number of amides is 1. The van der Waals surface area contributed by atoms with Crippen molar-refractivity contribution in [1.29, 1.82) is 0 Å². The van der Waals surface area contributed by atoms with Gasteiger partial charge < -0.3 is 11.1 Å². The monoisotopic (exact) mass is 154 g/mol. The molecule has 0 radical (unpaired) electrons. The molecule has 62 valence electrons. The van der Waals surface area contributed by atoms with E-state index in [9.17, 15) is 4.79 Å². The molecule has 1 amide bonds. The molecule has 3 nitrogen and oxygen atoms in total. The van der Waals surface area contributed by atoms with Crippen LogP contribution in [0.25, 0.3) is 0 Å². The number of rotatable bonds is 2. The van der Waals surface area contributed by atoms with Gasteiger partial charge in [0.05, 0.1) is 0 Å². The predicted octanol–water partition coefficient (Wildman–Crippen LogP) is -0.138. The summed E-state index contributed by atoms with van der Waals surface area (Å²) in [6.07, 6.45) is 0. The smallest absolute Gasteiger partial charge is 0.296 e. The van der Waals surface area contributed by atoms with Gasteiger partial charge in [0, 0.05) is 12.1 Å². The van der Waals surface area contributed by atoms with Crippen LogP contribution in [-0.2, 0) is 4.79 Å². The topological polar surface area (TPSA) is 55.1 Å². The molecule has 3 heteroatoms. The number of carbonyl (C=O) groups is 1. The van der Waals surface area contributed by atoms with Crippen LogP contribution in [0, 0.1) is 11.8 Å². The second-order valence-electron chi connectivity index (χ2n) is 2.50. The van der Waals surface area contributed by atoms with Crippen molar-refractivity contribution in [2.24, 2.45) is 5.73 Å². The summed E-state index contributed by atoms with van der Waals surface area (Å²) < 4.78 is 0. The van der Waals surface area contributed by atoms with Gasteiger partial charge in [0.2, 0.25) is 0 Å². The summed E-state index contributed by atoms with van der Waals surface area (Å²) in [5.74, 6) is 4.62. The molecular formula is C8H14N2O. The zero-order valence-corrected chi connectivity index (χ0v) is 7.14. The largest absolute Gasteiger partial charge is 0.341 e. The number of hydrogen-bond acceptors (Lipinski definition) is 2. The Labute approximate surface area is 67.3 Å². The van der Waals surface area contributed by atoms with E-state index in [-0.39, 0.29) is 18.0 Å². The Bertz CT molecular complexity index is 188. The van der Waals surface area contributed by atoms with Crippen molar-refractivity contribution in [3.8, 4) is 11.8 Å². The third-order valence-corrected chi connectivity index (χ3v) is 1.39. The summed E-state index contributed by atoms with van der Waals surface area (Å²) in [4.78, 5) is 10.8. The third kappa shape index (κ3) is 4.40. The van der Waals surface area contributed by atoms with Crippen molar-refractivity contribution in [2.45, 2.75) is 32.9 Å². The van der Waals surface area contributed by atoms with E-state index < -0.39 is 0 Å². The molecule has 0 fully saturated rings. The van der Waals surface area contributed by atoms with E-state index in [1.807, 2.05) is 13.8 Å².